The summed E-state index contributed by atoms with van der Waals surface area (Å²) in [5, 5.41) is 5.93. The van der Waals surface area contributed by atoms with Crippen molar-refractivity contribution in [3.8, 4) is 11.3 Å². The van der Waals surface area contributed by atoms with Crippen LogP contribution < -0.4 is 5.32 Å². The maximum absolute atomic E-state index is 12.7. The quantitative estimate of drug-likeness (QED) is 0.613. The van der Waals surface area contributed by atoms with Crippen LogP contribution in [-0.2, 0) is 9.59 Å². The molecule has 0 radical (unpaired) electrons. The first kappa shape index (κ1) is 19.4. The molecule has 2 aromatic carbocycles. The molecule has 0 saturated heterocycles. The van der Waals surface area contributed by atoms with Gasteiger partial charge in [0.25, 0.3) is 0 Å². The first-order valence-corrected chi connectivity index (χ1v) is 10.3. The summed E-state index contributed by atoms with van der Waals surface area (Å²) in [6, 6.07) is 14.8. The minimum absolute atomic E-state index is 0.104. The van der Waals surface area contributed by atoms with Gasteiger partial charge in [0.15, 0.2) is 5.13 Å². The summed E-state index contributed by atoms with van der Waals surface area (Å²) in [6.45, 7) is 1.50. The predicted molar refractivity (Wildman–Crippen MR) is 117 cm³/mol. The van der Waals surface area contributed by atoms with Gasteiger partial charge in [0.05, 0.1) is 18.2 Å². The summed E-state index contributed by atoms with van der Waals surface area (Å²) in [7, 11) is 0. The molecule has 0 fully saturated rings. The number of anilines is 1. The number of aromatic nitrogens is 1. The van der Waals surface area contributed by atoms with Gasteiger partial charge in [-0.05, 0) is 29.3 Å². The molecule has 1 aromatic heterocycles. The Kier molecular flexibility index (Phi) is 5.47. The number of hydrogen-bond acceptors (Lipinski definition) is 4. The molecule has 1 N–H and O–H groups in total. The zero-order valence-electron chi connectivity index (χ0n) is 15.6. The number of hydrogen-bond donors (Lipinski definition) is 1. The van der Waals surface area contributed by atoms with Crippen molar-refractivity contribution in [2.24, 2.45) is 0 Å². The van der Waals surface area contributed by atoms with E-state index in [9.17, 15) is 9.59 Å². The van der Waals surface area contributed by atoms with E-state index < -0.39 is 0 Å². The molecule has 1 aliphatic heterocycles. The van der Waals surface area contributed by atoms with Crippen molar-refractivity contribution in [1.82, 2.24) is 9.88 Å². The number of thiazole rings is 1. The maximum atomic E-state index is 12.7. The van der Waals surface area contributed by atoms with E-state index in [2.05, 4.69) is 10.3 Å². The molecule has 146 valence electrons. The Labute approximate surface area is 177 Å². The molecule has 1 unspecified atom stereocenters. The number of nitrogens with one attached hydrogen (secondary N) is 1. The Hall–Kier alpha value is -2.96. The van der Waals surface area contributed by atoms with Crippen LogP contribution in [0.25, 0.3) is 17.3 Å². The molecule has 2 heterocycles. The summed E-state index contributed by atoms with van der Waals surface area (Å²) in [5.41, 5.74) is 3.68. The van der Waals surface area contributed by atoms with Gasteiger partial charge in [-0.2, -0.15) is 0 Å². The number of fused-ring (bicyclic) bond motifs is 1. The first-order chi connectivity index (χ1) is 14.0. The SMILES string of the molecule is CC(=O)N1C=Cc2ccccc2C1CC(=O)Nc1nc(-c2ccc(Cl)cc2)cs1. The smallest absolute Gasteiger partial charge is 0.228 e. The molecule has 2 amide bonds. The summed E-state index contributed by atoms with van der Waals surface area (Å²) < 4.78 is 0. The van der Waals surface area contributed by atoms with E-state index in [-0.39, 0.29) is 24.3 Å². The lowest BCUT2D eigenvalue weighted by Crippen LogP contribution is -2.33. The highest BCUT2D eigenvalue weighted by atomic mass is 35.5. The van der Waals surface area contributed by atoms with E-state index >= 15 is 0 Å². The third-order valence-electron chi connectivity index (χ3n) is 4.74. The highest BCUT2D eigenvalue weighted by molar-refractivity contribution is 7.14. The molecule has 3 aromatic rings. The van der Waals surface area contributed by atoms with Crippen molar-refractivity contribution in [3.63, 3.8) is 0 Å². The summed E-state index contributed by atoms with van der Waals surface area (Å²) in [6.07, 6.45) is 3.78. The fraction of sp³-hybridized carbons (Fsp3) is 0.136. The highest BCUT2D eigenvalue weighted by Gasteiger charge is 2.28. The van der Waals surface area contributed by atoms with Crippen molar-refractivity contribution < 1.29 is 9.59 Å². The Morgan fingerprint density at radius 1 is 1.17 bits per heavy atom. The fourth-order valence-corrected chi connectivity index (χ4v) is 4.21. The summed E-state index contributed by atoms with van der Waals surface area (Å²) >= 11 is 7.29. The lowest BCUT2D eigenvalue weighted by molar-refractivity contribution is -0.129. The number of rotatable bonds is 4. The van der Waals surface area contributed by atoms with Crippen molar-refractivity contribution in [3.05, 3.63) is 76.3 Å². The molecule has 0 bridgehead atoms. The van der Waals surface area contributed by atoms with Gasteiger partial charge >= 0.3 is 0 Å². The normalized spacial score (nSPS) is 15.1. The molecular formula is C22H18ClN3O2S. The van der Waals surface area contributed by atoms with Crippen molar-refractivity contribution in [1.29, 1.82) is 0 Å². The Morgan fingerprint density at radius 2 is 1.93 bits per heavy atom. The maximum Gasteiger partial charge on any atom is 0.228 e. The van der Waals surface area contributed by atoms with Gasteiger partial charge in [0.1, 0.15) is 0 Å². The van der Waals surface area contributed by atoms with E-state index in [1.807, 2.05) is 47.9 Å². The summed E-state index contributed by atoms with van der Waals surface area (Å²) in [5.74, 6) is -0.295. The molecule has 1 atom stereocenters. The van der Waals surface area contributed by atoms with E-state index in [4.69, 9.17) is 11.6 Å². The molecule has 29 heavy (non-hydrogen) atoms. The number of nitrogens with zero attached hydrogens (tertiary/aromatic N) is 2. The Bertz CT molecular complexity index is 1090. The standard InChI is InChI=1S/C22H18ClN3O2S/c1-14(27)26-11-10-15-4-2-3-5-18(15)20(26)12-21(28)25-22-24-19(13-29-22)16-6-8-17(23)9-7-16/h2-11,13,20H,12H2,1H3,(H,24,25,28). The topological polar surface area (TPSA) is 62.3 Å². The first-order valence-electron chi connectivity index (χ1n) is 9.08. The van der Waals surface area contributed by atoms with Gasteiger partial charge < -0.3 is 10.2 Å². The minimum atomic E-state index is -0.343. The number of carbonyl (C=O) groups is 2. The van der Waals surface area contributed by atoms with Gasteiger partial charge in [-0.1, -0.05) is 48.0 Å². The molecule has 0 spiro atoms. The lowest BCUT2D eigenvalue weighted by Gasteiger charge is -2.32. The van der Waals surface area contributed by atoms with Crippen molar-refractivity contribution >= 4 is 46.0 Å². The van der Waals surface area contributed by atoms with Gasteiger partial charge in [-0.25, -0.2) is 4.98 Å². The van der Waals surface area contributed by atoms with E-state index in [1.165, 1.54) is 18.3 Å². The largest absolute Gasteiger partial charge is 0.311 e. The van der Waals surface area contributed by atoms with Crippen LogP contribution in [0.15, 0.2) is 60.1 Å². The lowest BCUT2D eigenvalue weighted by atomic mass is 9.93. The van der Waals surface area contributed by atoms with Crippen LogP contribution in [-0.4, -0.2) is 21.7 Å². The predicted octanol–water partition coefficient (Wildman–Crippen LogP) is 5.37. The fourth-order valence-electron chi connectivity index (χ4n) is 3.34. The van der Waals surface area contributed by atoms with E-state index in [0.29, 0.717) is 10.2 Å². The Balaban J connectivity index is 1.50. The number of benzene rings is 2. The zero-order valence-corrected chi connectivity index (χ0v) is 17.2. The molecular weight excluding hydrogens is 406 g/mol. The van der Waals surface area contributed by atoms with E-state index in [0.717, 1.165) is 22.4 Å². The average Bonchev–Trinajstić information content (AvgIpc) is 3.16. The summed E-state index contributed by atoms with van der Waals surface area (Å²) in [4.78, 5) is 30.9. The molecule has 0 saturated carbocycles. The van der Waals surface area contributed by atoms with Gasteiger partial charge in [-0.3, -0.25) is 9.59 Å². The molecule has 1 aliphatic rings. The van der Waals surface area contributed by atoms with Crippen molar-refractivity contribution in [2.75, 3.05) is 5.32 Å². The second-order valence-corrected chi connectivity index (χ2v) is 7.98. The van der Waals surface area contributed by atoms with Crippen LogP contribution in [0, 0.1) is 0 Å². The second-order valence-electron chi connectivity index (χ2n) is 6.68. The van der Waals surface area contributed by atoms with E-state index in [1.54, 1.807) is 23.2 Å². The number of amides is 2. The molecule has 7 heteroatoms. The average molecular weight is 424 g/mol. The minimum Gasteiger partial charge on any atom is -0.311 e. The second kappa shape index (κ2) is 8.19. The Morgan fingerprint density at radius 3 is 2.69 bits per heavy atom. The van der Waals surface area contributed by atoms with Crippen molar-refractivity contribution in [2.45, 2.75) is 19.4 Å². The third kappa shape index (κ3) is 4.23. The van der Waals surface area contributed by atoms with Crippen LogP contribution in [0.3, 0.4) is 0 Å². The van der Waals surface area contributed by atoms with Gasteiger partial charge in [0, 0.05) is 29.1 Å². The number of carbonyl (C=O) groups excluding carboxylic acids is 2. The zero-order chi connectivity index (χ0) is 20.4. The van der Waals surface area contributed by atoms with Gasteiger partial charge in [-0.15, -0.1) is 11.3 Å². The van der Waals surface area contributed by atoms with Crippen LogP contribution in [0.4, 0.5) is 5.13 Å². The van der Waals surface area contributed by atoms with Crippen LogP contribution in [0.1, 0.15) is 30.5 Å². The van der Waals surface area contributed by atoms with Crippen LogP contribution >= 0.6 is 22.9 Å². The number of halogens is 1. The van der Waals surface area contributed by atoms with Gasteiger partial charge in [0.2, 0.25) is 11.8 Å². The van der Waals surface area contributed by atoms with Crippen LogP contribution in [0.5, 0.6) is 0 Å². The van der Waals surface area contributed by atoms with Crippen LogP contribution in [0.2, 0.25) is 5.02 Å². The molecule has 5 nitrogen and oxygen atoms in total. The third-order valence-corrected chi connectivity index (χ3v) is 5.75. The molecule has 0 aliphatic carbocycles. The monoisotopic (exact) mass is 423 g/mol. The molecule has 4 rings (SSSR count). The highest BCUT2D eigenvalue weighted by Crippen LogP contribution is 2.33.